The molecule has 66 valence electrons. The maximum atomic E-state index is 5.65. The predicted octanol–water partition coefficient (Wildman–Crippen LogP) is 2.61. The smallest absolute Gasteiger partial charge is 0.166 e. The van der Waals surface area contributed by atoms with Gasteiger partial charge in [-0.05, 0) is 12.0 Å². The molecule has 0 radical (unpaired) electrons. The minimum atomic E-state index is -0.364. The molecule has 0 aromatic rings. The Morgan fingerprint density at radius 1 is 1.64 bits per heavy atom. The van der Waals surface area contributed by atoms with Gasteiger partial charge < -0.3 is 4.52 Å². The first-order valence-corrected chi connectivity index (χ1v) is 6.78. The molecule has 4 heteroatoms. The Morgan fingerprint density at radius 2 is 2.36 bits per heavy atom. The minimum Gasteiger partial charge on any atom is -0.335 e. The van der Waals surface area contributed by atoms with Gasteiger partial charge in [-0.1, -0.05) is 32.2 Å². The predicted molar refractivity (Wildman–Crippen MR) is 52.8 cm³/mol. The zero-order valence-electron chi connectivity index (χ0n) is 7.39. The van der Waals surface area contributed by atoms with Crippen LogP contribution in [0.25, 0.3) is 0 Å². The molecule has 0 aromatic heterocycles. The third kappa shape index (κ3) is 3.29. The lowest BCUT2D eigenvalue weighted by atomic mass is 9.98. The van der Waals surface area contributed by atoms with Crippen molar-refractivity contribution in [2.24, 2.45) is 5.41 Å². The number of hydrogen-bond acceptors (Lipinski definition) is 3. The average Bonchev–Trinajstić information content (AvgIpc) is 1.94. The first kappa shape index (κ1) is 9.79. The van der Waals surface area contributed by atoms with Gasteiger partial charge in [0.05, 0.1) is 6.61 Å². The molecule has 0 amide bonds. The van der Waals surface area contributed by atoms with E-state index in [1.54, 1.807) is 0 Å². The summed E-state index contributed by atoms with van der Waals surface area (Å²) in [4.78, 5) is 0. The number of rotatable bonds is 2. The van der Waals surface area contributed by atoms with Crippen LogP contribution < -0.4 is 5.09 Å². The molecule has 1 atom stereocenters. The van der Waals surface area contributed by atoms with Crippen molar-refractivity contribution in [2.45, 2.75) is 20.8 Å². The summed E-state index contributed by atoms with van der Waals surface area (Å²) in [5, 5.41) is 3.33. The highest BCUT2D eigenvalue weighted by atomic mass is 32.7. The van der Waals surface area contributed by atoms with Crippen LogP contribution in [0.5, 0.6) is 0 Å². The van der Waals surface area contributed by atoms with E-state index in [0.717, 1.165) is 13.2 Å². The Morgan fingerprint density at radius 3 is 2.82 bits per heavy atom. The third-order valence-electron chi connectivity index (χ3n) is 1.43. The Labute approximate surface area is 74.1 Å². The fraction of sp³-hybridized carbons (Fsp3) is 1.00. The van der Waals surface area contributed by atoms with Gasteiger partial charge in [-0.3, -0.25) is 5.09 Å². The lowest BCUT2D eigenvalue weighted by Crippen LogP contribution is -2.26. The number of hydrogen-bond donors (Lipinski definition) is 1. The Balaban J connectivity index is 2.25. The molecular formula is C7H16NOPS. The van der Waals surface area contributed by atoms with E-state index in [1.807, 2.05) is 11.4 Å². The first-order chi connectivity index (χ1) is 5.14. The highest BCUT2D eigenvalue weighted by Crippen LogP contribution is 2.53. The second-order valence-electron chi connectivity index (χ2n) is 3.48. The van der Waals surface area contributed by atoms with Crippen LogP contribution in [-0.2, 0) is 4.52 Å². The van der Waals surface area contributed by atoms with E-state index in [9.17, 15) is 0 Å². The fourth-order valence-corrected chi connectivity index (χ4v) is 4.74. The van der Waals surface area contributed by atoms with Gasteiger partial charge in [0.15, 0.2) is 7.50 Å². The first-order valence-electron chi connectivity index (χ1n) is 3.93. The molecule has 0 aromatic carbocycles. The molecule has 0 saturated carbocycles. The van der Waals surface area contributed by atoms with Crippen molar-refractivity contribution in [1.82, 2.24) is 5.09 Å². The molecule has 1 fully saturated rings. The molecule has 2 nitrogen and oxygen atoms in total. The van der Waals surface area contributed by atoms with Crippen molar-refractivity contribution < 1.29 is 4.52 Å². The van der Waals surface area contributed by atoms with Gasteiger partial charge >= 0.3 is 0 Å². The van der Waals surface area contributed by atoms with Crippen LogP contribution in [0, 0.1) is 5.41 Å². The van der Waals surface area contributed by atoms with Crippen molar-refractivity contribution in [1.29, 1.82) is 0 Å². The largest absolute Gasteiger partial charge is 0.335 e. The quantitative estimate of drug-likeness (QED) is 0.681. The summed E-state index contributed by atoms with van der Waals surface area (Å²) in [6.45, 7) is 8.53. The van der Waals surface area contributed by atoms with Crippen molar-refractivity contribution >= 4 is 18.9 Å². The maximum Gasteiger partial charge on any atom is 0.166 e. The molecule has 1 saturated heterocycles. The average molecular weight is 193 g/mol. The Hall–Kier alpha value is 0.700. The summed E-state index contributed by atoms with van der Waals surface area (Å²) in [6.07, 6.45) is 0. The summed E-state index contributed by atoms with van der Waals surface area (Å²) in [5.74, 6) is 1.21. The SMILES string of the molecule is CCNP1OCC(C)(C)CS1. The minimum absolute atomic E-state index is 0.364. The monoisotopic (exact) mass is 193 g/mol. The zero-order chi connectivity index (χ0) is 8.32. The molecule has 1 aliphatic heterocycles. The summed E-state index contributed by atoms with van der Waals surface area (Å²) >= 11 is 1.93. The molecular weight excluding hydrogens is 177 g/mol. The van der Waals surface area contributed by atoms with E-state index < -0.39 is 0 Å². The van der Waals surface area contributed by atoms with Crippen LogP contribution in [-0.4, -0.2) is 18.9 Å². The van der Waals surface area contributed by atoms with E-state index >= 15 is 0 Å². The third-order valence-corrected chi connectivity index (χ3v) is 5.31. The van der Waals surface area contributed by atoms with Gasteiger partial charge in [-0.15, -0.1) is 0 Å². The maximum absolute atomic E-state index is 5.65. The number of nitrogens with one attached hydrogen (secondary N) is 1. The summed E-state index contributed by atoms with van der Waals surface area (Å²) < 4.78 is 5.65. The molecule has 0 bridgehead atoms. The van der Waals surface area contributed by atoms with Gasteiger partial charge in [0.1, 0.15) is 0 Å². The molecule has 1 rings (SSSR count). The fourth-order valence-electron chi connectivity index (χ4n) is 0.766. The van der Waals surface area contributed by atoms with Gasteiger partial charge in [-0.2, -0.15) is 0 Å². The van der Waals surface area contributed by atoms with E-state index in [4.69, 9.17) is 4.52 Å². The van der Waals surface area contributed by atoms with Crippen molar-refractivity contribution in [3.05, 3.63) is 0 Å². The highest BCUT2D eigenvalue weighted by Gasteiger charge is 2.27. The zero-order valence-corrected chi connectivity index (χ0v) is 9.10. The van der Waals surface area contributed by atoms with Gasteiger partial charge in [0.25, 0.3) is 0 Å². The van der Waals surface area contributed by atoms with Crippen molar-refractivity contribution in [3.63, 3.8) is 0 Å². The van der Waals surface area contributed by atoms with Gasteiger partial charge in [0, 0.05) is 5.75 Å². The molecule has 0 aliphatic carbocycles. The van der Waals surface area contributed by atoms with Crippen LogP contribution >= 0.6 is 18.9 Å². The summed E-state index contributed by atoms with van der Waals surface area (Å²) in [7, 11) is -0.364. The molecule has 1 N–H and O–H groups in total. The molecule has 1 aliphatic rings. The van der Waals surface area contributed by atoms with Gasteiger partial charge in [0.2, 0.25) is 0 Å². The standard InChI is InChI=1S/C7H16NOPS/c1-4-8-10-9-5-7(2,3)6-11-10/h8H,4-6H2,1-3H3. The normalized spacial score (nSPS) is 30.3. The Bertz CT molecular complexity index is 122. The van der Waals surface area contributed by atoms with E-state index in [2.05, 4.69) is 25.9 Å². The van der Waals surface area contributed by atoms with Crippen molar-refractivity contribution in [3.8, 4) is 0 Å². The van der Waals surface area contributed by atoms with E-state index in [0.29, 0.717) is 5.41 Å². The van der Waals surface area contributed by atoms with Crippen molar-refractivity contribution in [2.75, 3.05) is 18.9 Å². The molecule has 1 heterocycles. The molecule has 1 unspecified atom stereocenters. The van der Waals surface area contributed by atoms with Crippen LogP contribution in [0.1, 0.15) is 20.8 Å². The lowest BCUT2D eigenvalue weighted by Gasteiger charge is -2.33. The van der Waals surface area contributed by atoms with Crippen LogP contribution in [0.4, 0.5) is 0 Å². The lowest BCUT2D eigenvalue weighted by molar-refractivity contribution is 0.216. The second kappa shape index (κ2) is 4.08. The summed E-state index contributed by atoms with van der Waals surface area (Å²) in [6, 6.07) is 0. The topological polar surface area (TPSA) is 21.3 Å². The summed E-state index contributed by atoms with van der Waals surface area (Å²) in [5.41, 5.74) is 0.374. The van der Waals surface area contributed by atoms with Crippen LogP contribution in [0.2, 0.25) is 0 Å². The molecule has 0 spiro atoms. The van der Waals surface area contributed by atoms with Crippen LogP contribution in [0.3, 0.4) is 0 Å². The second-order valence-corrected chi connectivity index (χ2v) is 6.88. The van der Waals surface area contributed by atoms with E-state index in [1.165, 1.54) is 5.75 Å². The highest BCUT2D eigenvalue weighted by molar-refractivity contribution is 8.53. The van der Waals surface area contributed by atoms with E-state index in [-0.39, 0.29) is 7.50 Å². The Kier molecular flexibility index (Phi) is 3.63. The van der Waals surface area contributed by atoms with Gasteiger partial charge in [-0.25, -0.2) is 0 Å². The molecule has 11 heavy (non-hydrogen) atoms. The van der Waals surface area contributed by atoms with Crippen LogP contribution in [0.15, 0.2) is 0 Å².